The second-order valence-corrected chi connectivity index (χ2v) is 10.4. The number of carbonyl (C=O) groups excluding carboxylic acids is 3. The first-order valence-electron chi connectivity index (χ1n) is 15.4. The number of furan rings is 1. The number of thiazole rings is 1. The molecule has 43 heavy (non-hydrogen) atoms. The van der Waals surface area contributed by atoms with Gasteiger partial charge in [0.05, 0.1) is 19.0 Å². The molecule has 0 aliphatic carbocycles. The summed E-state index contributed by atoms with van der Waals surface area (Å²) >= 11 is 0.729. The van der Waals surface area contributed by atoms with Gasteiger partial charge in [-0.15, -0.1) is 11.3 Å². The van der Waals surface area contributed by atoms with Crippen LogP contribution in [-0.2, 0) is 22.3 Å². The van der Waals surface area contributed by atoms with Crippen LogP contribution >= 0.6 is 11.3 Å². The van der Waals surface area contributed by atoms with Crippen LogP contribution in [0.4, 0.5) is 13.2 Å². The highest BCUT2D eigenvalue weighted by atomic mass is 32.1. The van der Waals surface area contributed by atoms with Gasteiger partial charge < -0.3 is 29.0 Å². The highest BCUT2D eigenvalue weighted by Gasteiger charge is 2.49. The minimum atomic E-state index is -4.67. The third-order valence-electron chi connectivity index (χ3n) is 6.74. The molecule has 15 heteroatoms. The number of nitrogens with one attached hydrogen (secondary N) is 1. The number of fused-ring (bicyclic) bond motifs is 3. The van der Waals surface area contributed by atoms with Gasteiger partial charge in [0.25, 0.3) is 5.91 Å². The predicted molar refractivity (Wildman–Crippen MR) is 149 cm³/mol. The van der Waals surface area contributed by atoms with E-state index in [1.807, 2.05) is 0 Å². The summed E-state index contributed by atoms with van der Waals surface area (Å²) in [7, 11) is 1.39. The molecule has 226 valence electrons. The molecule has 0 radical (unpaired) electrons. The summed E-state index contributed by atoms with van der Waals surface area (Å²) in [6.07, 6.45) is -3.22. The van der Waals surface area contributed by atoms with Crippen LogP contribution in [-0.4, -0.2) is 77.2 Å². The number of carbonyl (C=O) groups is 3. The van der Waals surface area contributed by atoms with Gasteiger partial charge in [0, 0.05) is 39.3 Å². The molecule has 0 unspecified atom stereocenters. The van der Waals surface area contributed by atoms with E-state index in [0.29, 0.717) is 16.3 Å². The van der Waals surface area contributed by atoms with Crippen molar-refractivity contribution < 1.29 is 49.7 Å². The lowest BCUT2D eigenvalue weighted by molar-refractivity contribution is -0.140. The summed E-state index contributed by atoms with van der Waals surface area (Å²) in [5, 5.41) is 3.63. The van der Waals surface area contributed by atoms with Gasteiger partial charge in [0.2, 0.25) is 17.6 Å². The molecule has 5 rings (SSSR count). The largest absolute Gasteiger partial charge is 0.495 e. The van der Waals surface area contributed by atoms with E-state index in [2.05, 4.69) is 15.3 Å². The Labute approximate surface area is 255 Å². The standard InChI is InChI=1S/C28H26F3N5O6S/c1-27(26(39)33-11-17-18(40-4)6-5-9-32-17)14-41-22-16-8-7-15(24-34-20(13-43-24)28(29,30)31)10-19(16)42-23(22)25(38)36(27)12-21(37)35(2)3/h5-10,13H,11-12,14H2,1-4H3,(H,33,39)/t27-/m1/s1/i2D3,3D3. The fraction of sp³-hybridized carbons (Fsp3) is 0.321. The van der Waals surface area contributed by atoms with Crippen LogP contribution in [0.1, 0.15) is 37.1 Å². The zero-order valence-electron chi connectivity index (χ0n) is 28.4. The van der Waals surface area contributed by atoms with Crippen molar-refractivity contribution in [3.05, 3.63) is 59.1 Å². The number of aromatic nitrogens is 2. The van der Waals surface area contributed by atoms with Crippen molar-refractivity contribution >= 4 is 40.0 Å². The van der Waals surface area contributed by atoms with Crippen molar-refractivity contribution in [1.82, 2.24) is 25.1 Å². The first kappa shape index (κ1) is 22.9. The molecule has 1 aliphatic heterocycles. The molecular weight excluding hydrogens is 591 g/mol. The van der Waals surface area contributed by atoms with E-state index >= 15 is 0 Å². The molecule has 0 saturated heterocycles. The van der Waals surface area contributed by atoms with E-state index < -0.39 is 68.0 Å². The van der Waals surface area contributed by atoms with Crippen LogP contribution < -0.4 is 14.8 Å². The molecule has 1 atom stereocenters. The maximum atomic E-state index is 14.2. The molecule has 4 aromatic rings. The summed E-state index contributed by atoms with van der Waals surface area (Å²) in [5.74, 6) is -3.95. The van der Waals surface area contributed by atoms with Gasteiger partial charge >= 0.3 is 6.18 Å². The number of alkyl halides is 3. The number of amides is 3. The number of likely N-dealkylation sites (N-methyl/N-ethyl adjacent to an activating group) is 1. The molecule has 1 N–H and O–H groups in total. The maximum absolute atomic E-state index is 14.2. The number of pyridine rings is 1. The van der Waals surface area contributed by atoms with Crippen LogP contribution in [0, 0.1) is 0 Å². The fourth-order valence-electron chi connectivity index (χ4n) is 4.40. The molecule has 1 aromatic carbocycles. The van der Waals surface area contributed by atoms with Crippen molar-refractivity contribution in [3.63, 3.8) is 0 Å². The minimum absolute atomic E-state index is 0.00323. The van der Waals surface area contributed by atoms with E-state index in [1.54, 1.807) is 12.1 Å². The molecule has 0 bridgehead atoms. The van der Waals surface area contributed by atoms with Gasteiger partial charge in [-0.2, -0.15) is 13.2 Å². The minimum Gasteiger partial charge on any atom is -0.495 e. The third-order valence-corrected chi connectivity index (χ3v) is 7.63. The van der Waals surface area contributed by atoms with Gasteiger partial charge in [-0.1, -0.05) is 6.07 Å². The second-order valence-electron chi connectivity index (χ2n) is 9.52. The smallest absolute Gasteiger partial charge is 0.434 e. The summed E-state index contributed by atoms with van der Waals surface area (Å²) in [6.45, 7) is -7.74. The average Bonchev–Trinajstić information content (AvgIpc) is 3.63. The Bertz CT molecular complexity index is 1920. The lowest BCUT2D eigenvalue weighted by Crippen LogP contribution is -2.62. The molecular formula is C28H26F3N5O6S. The third kappa shape index (κ3) is 5.59. The normalized spacial score (nSPS) is 19.5. The van der Waals surface area contributed by atoms with Gasteiger partial charge in [0.15, 0.2) is 17.0 Å². The highest BCUT2D eigenvalue weighted by molar-refractivity contribution is 7.13. The Balaban J connectivity index is 1.55. The summed E-state index contributed by atoms with van der Waals surface area (Å²) in [4.78, 5) is 49.5. The topological polar surface area (TPSA) is 127 Å². The van der Waals surface area contributed by atoms with E-state index in [-0.39, 0.29) is 38.7 Å². The SMILES string of the molecule is [2H]C([2H])([2H])N(C(=O)CN1C(=O)c2oc3cc(-c4nc(C(F)(F)F)cs4)ccc3c2OC[C@]1(C)C(=O)NCc1ncccc1OC)C([2H])([2H])[2H]. The molecule has 0 fully saturated rings. The second kappa shape index (κ2) is 11.2. The van der Waals surface area contributed by atoms with E-state index in [9.17, 15) is 27.6 Å². The molecule has 1 aliphatic rings. The Morgan fingerprint density at radius 2 is 2.09 bits per heavy atom. The highest BCUT2D eigenvalue weighted by Crippen LogP contribution is 2.41. The number of hydrogen-bond acceptors (Lipinski definition) is 9. The molecule has 3 amide bonds. The van der Waals surface area contributed by atoms with Crippen molar-refractivity contribution in [2.75, 3.05) is 34.2 Å². The van der Waals surface area contributed by atoms with Crippen molar-refractivity contribution in [2.45, 2.75) is 25.2 Å². The Morgan fingerprint density at radius 3 is 2.79 bits per heavy atom. The summed E-state index contributed by atoms with van der Waals surface area (Å²) < 4.78 is 102. The van der Waals surface area contributed by atoms with Crippen LogP contribution in [0.15, 0.2) is 46.3 Å². The molecule has 3 aromatic heterocycles. The van der Waals surface area contributed by atoms with Crippen LogP contribution in [0.5, 0.6) is 11.5 Å². The summed E-state index contributed by atoms with van der Waals surface area (Å²) in [6, 6.07) is 7.35. The maximum Gasteiger partial charge on any atom is 0.434 e. The van der Waals surface area contributed by atoms with E-state index in [0.717, 1.165) is 16.7 Å². The van der Waals surface area contributed by atoms with Gasteiger partial charge in [-0.25, -0.2) is 4.98 Å². The predicted octanol–water partition coefficient (Wildman–Crippen LogP) is 3.98. The first-order valence-corrected chi connectivity index (χ1v) is 13.3. The number of rotatable bonds is 7. The monoisotopic (exact) mass is 623 g/mol. The Kier molecular flexibility index (Phi) is 5.96. The number of halogens is 3. The lowest BCUT2D eigenvalue weighted by Gasteiger charge is -2.37. The molecule has 4 heterocycles. The summed E-state index contributed by atoms with van der Waals surface area (Å²) in [5.41, 5.74) is -2.67. The fourth-order valence-corrected chi connectivity index (χ4v) is 5.22. The Morgan fingerprint density at radius 1 is 1.30 bits per heavy atom. The van der Waals surface area contributed by atoms with Gasteiger partial charge in [-0.05, 0) is 31.2 Å². The van der Waals surface area contributed by atoms with Gasteiger partial charge in [-0.3, -0.25) is 19.4 Å². The quantitative estimate of drug-likeness (QED) is 0.328. The average molecular weight is 624 g/mol. The zero-order valence-corrected chi connectivity index (χ0v) is 23.3. The number of benzene rings is 1. The van der Waals surface area contributed by atoms with Crippen LogP contribution in [0.3, 0.4) is 0 Å². The van der Waals surface area contributed by atoms with Crippen molar-refractivity contribution in [2.24, 2.45) is 0 Å². The number of hydrogen-bond donors (Lipinski definition) is 1. The molecule has 11 nitrogen and oxygen atoms in total. The van der Waals surface area contributed by atoms with E-state index in [1.165, 1.54) is 38.4 Å². The van der Waals surface area contributed by atoms with Crippen molar-refractivity contribution in [3.8, 4) is 22.1 Å². The first-order chi connectivity index (χ1) is 22.8. The van der Waals surface area contributed by atoms with Crippen LogP contribution in [0.25, 0.3) is 21.5 Å². The molecule has 0 spiro atoms. The number of nitrogens with zero attached hydrogens (tertiary/aromatic N) is 4. The van der Waals surface area contributed by atoms with Crippen LogP contribution in [0.2, 0.25) is 0 Å². The number of ether oxygens (including phenoxy) is 2. The zero-order chi connectivity index (χ0) is 36.1. The number of methoxy groups -OCH3 is 1. The van der Waals surface area contributed by atoms with Gasteiger partial charge in [0.1, 0.15) is 35.2 Å². The Hall–Kier alpha value is -4.66. The molecule has 0 saturated carbocycles. The lowest BCUT2D eigenvalue weighted by atomic mass is 9.99. The van der Waals surface area contributed by atoms with E-state index in [4.69, 9.17) is 22.1 Å². The van der Waals surface area contributed by atoms with Crippen molar-refractivity contribution in [1.29, 1.82) is 0 Å².